The Morgan fingerprint density at radius 2 is 1.95 bits per heavy atom. The SMILES string of the molecule is O=C(COC(=O)c1ccc(Cl)cc1)NCCC1=CCCCC1. The summed E-state index contributed by atoms with van der Waals surface area (Å²) in [5, 5.41) is 3.32. The molecule has 0 saturated heterocycles. The highest BCUT2D eigenvalue weighted by atomic mass is 35.5. The van der Waals surface area contributed by atoms with E-state index in [0.717, 1.165) is 19.3 Å². The molecule has 1 aliphatic rings. The van der Waals surface area contributed by atoms with Gasteiger partial charge in [0.1, 0.15) is 0 Å². The molecule has 1 aromatic carbocycles. The fourth-order valence-electron chi connectivity index (χ4n) is 2.35. The van der Waals surface area contributed by atoms with E-state index in [-0.39, 0.29) is 12.5 Å². The van der Waals surface area contributed by atoms with Crippen molar-refractivity contribution in [1.29, 1.82) is 0 Å². The summed E-state index contributed by atoms with van der Waals surface area (Å²) >= 11 is 5.74. The fraction of sp³-hybridized carbons (Fsp3) is 0.412. The lowest BCUT2D eigenvalue weighted by Crippen LogP contribution is -2.29. The number of rotatable bonds is 6. The molecule has 0 radical (unpaired) electrons. The second kappa shape index (κ2) is 8.59. The summed E-state index contributed by atoms with van der Waals surface area (Å²) in [4.78, 5) is 23.4. The highest BCUT2D eigenvalue weighted by molar-refractivity contribution is 6.30. The van der Waals surface area contributed by atoms with Gasteiger partial charge in [0.2, 0.25) is 0 Å². The average molecular weight is 322 g/mol. The number of hydrogen-bond acceptors (Lipinski definition) is 3. The molecule has 0 aromatic heterocycles. The van der Waals surface area contributed by atoms with Crippen LogP contribution in [0.2, 0.25) is 5.02 Å². The Bertz CT molecular complexity index is 552. The van der Waals surface area contributed by atoms with E-state index in [1.54, 1.807) is 24.3 Å². The molecule has 118 valence electrons. The molecule has 22 heavy (non-hydrogen) atoms. The molecule has 0 spiro atoms. The molecule has 1 N–H and O–H groups in total. The van der Waals surface area contributed by atoms with Gasteiger partial charge in [-0.2, -0.15) is 0 Å². The third kappa shape index (κ3) is 5.53. The summed E-state index contributed by atoms with van der Waals surface area (Å²) in [6.07, 6.45) is 7.89. The van der Waals surface area contributed by atoms with E-state index in [1.807, 2.05) is 0 Å². The highest BCUT2D eigenvalue weighted by Crippen LogP contribution is 2.19. The summed E-state index contributed by atoms with van der Waals surface area (Å²) in [5.74, 6) is -0.805. The molecule has 5 heteroatoms. The van der Waals surface area contributed by atoms with Crippen molar-refractivity contribution in [3.05, 3.63) is 46.5 Å². The Morgan fingerprint density at radius 1 is 1.18 bits per heavy atom. The normalized spacial score (nSPS) is 14.1. The van der Waals surface area contributed by atoms with E-state index in [2.05, 4.69) is 11.4 Å². The van der Waals surface area contributed by atoms with Crippen molar-refractivity contribution in [3.8, 4) is 0 Å². The first kappa shape index (κ1) is 16.6. The van der Waals surface area contributed by atoms with Crippen molar-refractivity contribution in [3.63, 3.8) is 0 Å². The lowest BCUT2D eigenvalue weighted by Gasteiger charge is -2.13. The van der Waals surface area contributed by atoms with Crippen molar-refractivity contribution in [2.75, 3.05) is 13.2 Å². The highest BCUT2D eigenvalue weighted by Gasteiger charge is 2.10. The first-order valence-corrected chi connectivity index (χ1v) is 7.90. The predicted octanol–water partition coefficient (Wildman–Crippen LogP) is 3.50. The molecule has 0 bridgehead atoms. The van der Waals surface area contributed by atoms with Gasteiger partial charge in [-0.3, -0.25) is 4.79 Å². The van der Waals surface area contributed by atoms with Gasteiger partial charge < -0.3 is 10.1 Å². The van der Waals surface area contributed by atoms with Crippen molar-refractivity contribution in [2.45, 2.75) is 32.1 Å². The average Bonchev–Trinajstić information content (AvgIpc) is 2.54. The van der Waals surface area contributed by atoms with Crippen LogP contribution in [-0.2, 0) is 9.53 Å². The number of allylic oxidation sites excluding steroid dienone is 1. The molecule has 4 nitrogen and oxygen atoms in total. The zero-order chi connectivity index (χ0) is 15.8. The van der Waals surface area contributed by atoms with Crippen LogP contribution in [0.4, 0.5) is 0 Å². The Hall–Kier alpha value is -1.81. The minimum Gasteiger partial charge on any atom is -0.452 e. The fourth-order valence-corrected chi connectivity index (χ4v) is 2.47. The maximum absolute atomic E-state index is 11.7. The van der Waals surface area contributed by atoms with Gasteiger partial charge in [0, 0.05) is 11.6 Å². The molecule has 0 heterocycles. The Morgan fingerprint density at radius 3 is 2.64 bits per heavy atom. The molecule has 1 aromatic rings. The van der Waals surface area contributed by atoms with Crippen LogP contribution in [0.5, 0.6) is 0 Å². The van der Waals surface area contributed by atoms with Crippen molar-refractivity contribution in [1.82, 2.24) is 5.32 Å². The minimum atomic E-state index is -0.526. The van der Waals surface area contributed by atoms with Crippen LogP contribution < -0.4 is 5.32 Å². The van der Waals surface area contributed by atoms with E-state index >= 15 is 0 Å². The molecule has 0 saturated carbocycles. The zero-order valence-corrected chi connectivity index (χ0v) is 13.2. The third-order valence-electron chi connectivity index (χ3n) is 3.57. The molecule has 1 aliphatic carbocycles. The number of hydrogen-bond donors (Lipinski definition) is 1. The quantitative estimate of drug-likeness (QED) is 0.644. The topological polar surface area (TPSA) is 55.4 Å². The first-order valence-electron chi connectivity index (χ1n) is 7.52. The van der Waals surface area contributed by atoms with E-state index in [0.29, 0.717) is 17.1 Å². The standard InChI is InChI=1S/C17H20ClNO3/c18-15-8-6-14(7-9-15)17(21)22-12-16(20)19-11-10-13-4-2-1-3-5-13/h4,6-9H,1-3,5,10-12H2,(H,19,20). The molecule has 0 fully saturated rings. The Kier molecular flexibility index (Phi) is 6.46. The van der Waals surface area contributed by atoms with E-state index in [4.69, 9.17) is 16.3 Å². The van der Waals surface area contributed by atoms with Gasteiger partial charge in [0.25, 0.3) is 5.91 Å². The molecule has 0 aliphatic heterocycles. The van der Waals surface area contributed by atoms with Crippen molar-refractivity contribution < 1.29 is 14.3 Å². The number of esters is 1. The van der Waals surface area contributed by atoms with Gasteiger partial charge in [-0.25, -0.2) is 4.79 Å². The van der Waals surface area contributed by atoms with E-state index in [1.165, 1.54) is 18.4 Å². The van der Waals surface area contributed by atoms with Gasteiger partial charge in [-0.1, -0.05) is 23.3 Å². The third-order valence-corrected chi connectivity index (χ3v) is 3.82. The van der Waals surface area contributed by atoms with Crippen LogP contribution in [0.3, 0.4) is 0 Å². The number of carbonyl (C=O) groups is 2. The molecule has 1 amide bonds. The largest absolute Gasteiger partial charge is 0.452 e. The van der Waals surface area contributed by atoms with Crippen LogP contribution in [-0.4, -0.2) is 25.0 Å². The molecule has 2 rings (SSSR count). The number of halogens is 1. The second-order valence-electron chi connectivity index (χ2n) is 5.29. The molecule has 0 unspecified atom stereocenters. The van der Waals surface area contributed by atoms with Gasteiger partial charge >= 0.3 is 5.97 Å². The van der Waals surface area contributed by atoms with Gasteiger partial charge in [0.05, 0.1) is 5.56 Å². The summed E-state index contributed by atoms with van der Waals surface area (Å²) in [5.41, 5.74) is 1.79. The Balaban J connectivity index is 1.65. The maximum Gasteiger partial charge on any atom is 0.338 e. The molecule has 0 atom stereocenters. The van der Waals surface area contributed by atoms with Crippen LogP contribution in [0, 0.1) is 0 Å². The van der Waals surface area contributed by atoms with Crippen LogP contribution in [0.25, 0.3) is 0 Å². The van der Waals surface area contributed by atoms with Gasteiger partial charge in [-0.05, 0) is 56.4 Å². The Labute approximate surface area is 135 Å². The first-order chi connectivity index (χ1) is 10.6. The summed E-state index contributed by atoms with van der Waals surface area (Å²) in [6, 6.07) is 6.35. The number of ether oxygens (including phenoxy) is 1. The number of nitrogens with one attached hydrogen (secondary N) is 1. The summed E-state index contributed by atoms with van der Waals surface area (Å²) in [6.45, 7) is 0.323. The zero-order valence-electron chi connectivity index (χ0n) is 12.4. The van der Waals surface area contributed by atoms with Gasteiger partial charge in [-0.15, -0.1) is 0 Å². The van der Waals surface area contributed by atoms with Gasteiger partial charge in [0.15, 0.2) is 6.61 Å². The molecular weight excluding hydrogens is 302 g/mol. The predicted molar refractivity (Wildman–Crippen MR) is 85.9 cm³/mol. The number of carbonyl (C=O) groups excluding carboxylic acids is 2. The van der Waals surface area contributed by atoms with E-state index < -0.39 is 5.97 Å². The summed E-state index contributed by atoms with van der Waals surface area (Å²) in [7, 11) is 0. The second-order valence-corrected chi connectivity index (χ2v) is 5.73. The summed E-state index contributed by atoms with van der Waals surface area (Å²) < 4.78 is 4.96. The molecular formula is C17H20ClNO3. The monoisotopic (exact) mass is 321 g/mol. The lowest BCUT2D eigenvalue weighted by molar-refractivity contribution is -0.124. The van der Waals surface area contributed by atoms with Crippen LogP contribution in [0.15, 0.2) is 35.9 Å². The van der Waals surface area contributed by atoms with Crippen molar-refractivity contribution in [2.24, 2.45) is 0 Å². The lowest BCUT2D eigenvalue weighted by atomic mass is 9.97. The maximum atomic E-state index is 11.7. The number of benzene rings is 1. The van der Waals surface area contributed by atoms with Crippen LogP contribution >= 0.6 is 11.6 Å². The number of amides is 1. The van der Waals surface area contributed by atoms with Crippen LogP contribution in [0.1, 0.15) is 42.5 Å². The minimum absolute atomic E-state index is 0.263. The van der Waals surface area contributed by atoms with Crippen molar-refractivity contribution >= 4 is 23.5 Å². The van der Waals surface area contributed by atoms with E-state index in [9.17, 15) is 9.59 Å². The smallest absolute Gasteiger partial charge is 0.338 e.